The Balaban J connectivity index is 2.10. The number of rotatable bonds is 4. The highest BCUT2D eigenvalue weighted by Crippen LogP contribution is 2.28. The molecule has 1 aliphatic heterocycles. The Labute approximate surface area is 115 Å². The molecule has 0 amide bonds. The lowest BCUT2D eigenvalue weighted by Gasteiger charge is -2.11. The van der Waals surface area contributed by atoms with Crippen molar-refractivity contribution >= 4 is 29.2 Å². The van der Waals surface area contributed by atoms with Crippen LogP contribution in [0.25, 0.3) is 0 Å². The van der Waals surface area contributed by atoms with Crippen LogP contribution >= 0.6 is 23.4 Å². The number of benzene rings is 1. The van der Waals surface area contributed by atoms with E-state index in [9.17, 15) is 0 Å². The minimum absolute atomic E-state index is 0.0762. The first-order valence-electron chi connectivity index (χ1n) is 5.72. The molecule has 98 valence electrons. The molecule has 1 saturated heterocycles. The third-order valence-corrected chi connectivity index (χ3v) is 4.21. The van der Waals surface area contributed by atoms with Crippen molar-refractivity contribution in [2.75, 3.05) is 12.4 Å². The number of nitrogens with two attached hydrogens (primary N) is 1. The van der Waals surface area contributed by atoms with Crippen LogP contribution in [0.4, 0.5) is 0 Å². The van der Waals surface area contributed by atoms with Crippen molar-refractivity contribution in [2.45, 2.75) is 23.8 Å². The van der Waals surface area contributed by atoms with E-state index in [2.05, 4.69) is 5.16 Å². The third-order valence-electron chi connectivity index (χ3n) is 2.77. The second-order valence-electron chi connectivity index (χ2n) is 4.07. The lowest BCUT2D eigenvalue weighted by atomic mass is 10.2. The molecule has 18 heavy (non-hydrogen) atoms. The highest BCUT2D eigenvalue weighted by atomic mass is 35.5. The molecule has 1 unspecified atom stereocenters. The molecular weight excluding hydrogens is 272 g/mol. The van der Waals surface area contributed by atoms with Gasteiger partial charge in [0.15, 0.2) is 5.84 Å². The van der Waals surface area contributed by atoms with Crippen molar-refractivity contribution in [3.05, 3.63) is 28.8 Å². The number of thioether (sulfide) groups is 1. The van der Waals surface area contributed by atoms with Gasteiger partial charge in [-0.15, -0.1) is 11.8 Å². The van der Waals surface area contributed by atoms with Gasteiger partial charge in [0.2, 0.25) is 0 Å². The molecule has 1 aromatic rings. The van der Waals surface area contributed by atoms with E-state index in [4.69, 9.17) is 27.3 Å². The second-order valence-corrected chi connectivity index (χ2v) is 5.57. The minimum Gasteiger partial charge on any atom is -0.409 e. The minimum atomic E-state index is 0.0762. The maximum absolute atomic E-state index is 8.77. The molecule has 1 aromatic carbocycles. The molecule has 6 heteroatoms. The third kappa shape index (κ3) is 3.31. The summed E-state index contributed by atoms with van der Waals surface area (Å²) in [6.45, 7) is 0.846. The summed E-state index contributed by atoms with van der Waals surface area (Å²) < 4.78 is 5.57. The average molecular weight is 287 g/mol. The Morgan fingerprint density at radius 2 is 2.44 bits per heavy atom. The number of hydrogen-bond donors (Lipinski definition) is 2. The summed E-state index contributed by atoms with van der Waals surface area (Å²) >= 11 is 7.56. The fourth-order valence-electron chi connectivity index (χ4n) is 1.84. The van der Waals surface area contributed by atoms with Crippen molar-refractivity contribution in [2.24, 2.45) is 10.9 Å². The first-order valence-corrected chi connectivity index (χ1v) is 7.09. The van der Waals surface area contributed by atoms with Crippen LogP contribution in [0.5, 0.6) is 0 Å². The van der Waals surface area contributed by atoms with Crippen LogP contribution < -0.4 is 5.73 Å². The fourth-order valence-corrected chi connectivity index (χ4v) is 3.12. The van der Waals surface area contributed by atoms with Crippen molar-refractivity contribution in [1.29, 1.82) is 0 Å². The van der Waals surface area contributed by atoms with E-state index in [0.717, 1.165) is 30.1 Å². The van der Waals surface area contributed by atoms with Gasteiger partial charge in [0.05, 0.1) is 6.10 Å². The van der Waals surface area contributed by atoms with Crippen molar-refractivity contribution in [1.82, 2.24) is 0 Å². The summed E-state index contributed by atoms with van der Waals surface area (Å²) in [7, 11) is 0. The molecule has 1 heterocycles. The molecule has 1 aliphatic rings. The van der Waals surface area contributed by atoms with E-state index in [1.54, 1.807) is 23.9 Å². The van der Waals surface area contributed by atoms with Crippen LogP contribution in [0.2, 0.25) is 5.02 Å². The zero-order valence-corrected chi connectivity index (χ0v) is 11.4. The molecule has 0 bridgehead atoms. The number of amidine groups is 1. The first kappa shape index (κ1) is 13.5. The fraction of sp³-hybridized carbons (Fsp3) is 0.417. The zero-order valence-electron chi connectivity index (χ0n) is 9.80. The van der Waals surface area contributed by atoms with Gasteiger partial charge in [-0.05, 0) is 31.0 Å². The van der Waals surface area contributed by atoms with Gasteiger partial charge >= 0.3 is 0 Å². The summed E-state index contributed by atoms with van der Waals surface area (Å²) in [5.74, 6) is 0.945. The zero-order chi connectivity index (χ0) is 13.0. The Bertz CT molecular complexity index is 448. The maximum atomic E-state index is 8.77. The van der Waals surface area contributed by atoms with Gasteiger partial charge in [0.1, 0.15) is 0 Å². The Morgan fingerprint density at radius 1 is 1.61 bits per heavy atom. The molecule has 1 atom stereocenters. The molecule has 4 nitrogen and oxygen atoms in total. The highest BCUT2D eigenvalue weighted by molar-refractivity contribution is 7.99. The molecular formula is C12H15ClN2O2S. The summed E-state index contributed by atoms with van der Waals surface area (Å²) in [5, 5.41) is 12.4. The lowest BCUT2D eigenvalue weighted by molar-refractivity contribution is 0.129. The molecule has 0 spiro atoms. The lowest BCUT2D eigenvalue weighted by Crippen LogP contribution is -2.15. The van der Waals surface area contributed by atoms with Crippen LogP contribution in [-0.2, 0) is 4.74 Å². The van der Waals surface area contributed by atoms with Gasteiger partial charge in [-0.1, -0.05) is 16.8 Å². The largest absolute Gasteiger partial charge is 0.409 e. The van der Waals surface area contributed by atoms with Crippen LogP contribution in [-0.4, -0.2) is 29.5 Å². The SMILES string of the molecule is N/C(=N/O)c1cc(Cl)ccc1SCC1CCCO1. The molecule has 0 radical (unpaired) electrons. The quantitative estimate of drug-likeness (QED) is 0.294. The average Bonchev–Trinajstić information content (AvgIpc) is 2.89. The Morgan fingerprint density at radius 3 is 3.11 bits per heavy atom. The molecule has 1 fully saturated rings. The van der Waals surface area contributed by atoms with Crippen LogP contribution in [0.15, 0.2) is 28.3 Å². The smallest absolute Gasteiger partial charge is 0.171 e. The van der Waals surface area contributed by atoms with E-state index >= 15 is 0 Å². The number of ether oxygens (including phenoxy) is 1. The predicted molar refractivity (Wildman–Crippen MR) is 73.7 cm³/mol. The van der Waals surface area contributed by atoms with Gasteiger partial charge in [-0.25, -0.2) is 0 Å². The highest BCUT2D eigenvalue weighted by Gasteiger charge is 2.17. The second kappa shape index (κ2) is 6.31. The maximum Gasteiger partial charge on any atom is 0.171 e. The topological polar surface area (TPSA) is 67.8 Å². The van der Waals surface area contributed by atoms with Gasteiger partial charge < -0.3 is 15.7 Å². The summed E-state index contributed by atoms with van der Waals surface area (Å²) in [6, 6.07) is 5.39. The van der Waals surface area contributed by atoms with Gasteiger partial charge in [-0.3, -0.25) is 0 Å². The summed E-state index contributed by atoms with van der Waals surface area (Å²) in [6.07, 6.45) is 2.52. The molecule has 3 N–H and O–H groups in total. The van der Waals surface area contributed by atoms with Crippen LogP contribution in [0.3, 0.4) is 0 Å². The molecule has 0 aliphatic carbocycles. The molecule has 2 rings (SSSR count). The van der Waals surface area contributed by atoms with Crippen molar-refractivity contribution in [3.8, 4) is 0 Å². The van der Waals surface area contributed by atoms with E-state index in [0.29, 0.717) is 16.7 Å². The number of nitrogens with zero attached hydrogens (tertiary/aromatic N) is 1. The van der Waals surface area contributed by atoms with Gasteiger partial charge in [0, 0.05) is 27.8 Å². The van der Waals surface area contributed by atoms with Gasteiger partial charge in [0.25, 0.3) is 0 Å². The van der Waals surface area contributed by atoms with E-state index in [-0.39, 0.29) is 5.84 Å². The Kier molecular flexibility index (Phi) is 4.74. The number of hydrogen-bond acceptors (Lipinski definition) is 4. The molecule has 0 saturated carbocycles. The monoisotopic (exact) mass is 286 g/mol. The van der Waals surface area contributed by atoms with Crippen LogP contribution in [0.1, 0.15) is 18.4 Å². The van der Waals surface area contributed by atoms with E-state index in [1.807, 2.05) is 6.07 Å². The Hall–Kier alpha value is -0.910. The summed E-state index contributed by atoms with van der Waals surface area (Å²) in [4.78, 5) is 0.949. The first-order chi connectivity index (χ1) is 8.70. The van der Waals surface area contributed by atoms with Crippen molar-refractivity contribution in [3.63, 3.8) is 0 Å². The van der Waals surface area contributed by atoms with E-state index in [1.165, 1.54) is 0 Å². The van der Waals surface area contributed by atoms with Crippen LogP contribution in [0, 0.1) is 0 Å². The standard InChI is InChI=1S/C12H15ClN2O2S/c13-8-3-4-11(10(6-8)12(14)15-16)18-7-9-2-1-5-17-9/h3-4,6,9,16H,1-2,5,7H2,(H2,14,15). The molecule has 0 aromatic heterocycles. The van der Waals surface area contributed by atoms with E-state index < -0.39 is 0 Å². The number of halogens is 1. The number of oxime groups is 1. The van der Waals surface area contributed by atoms with Gasteiger partial charge in [-0.2, -0.15) is 0 Å². The summed E-state index contributed by atoms with van der Waals surface area (Å²) in [5.41, 5.74) is 6.30. The van der Waals surface area contributed by atoms with Crippen molar-refractivity contribution < 1.29 is 9.94 Å². The normalized spacial score (nSPS) is 20.3. The predicted octanol–water partition coefficient (Wildman–Crippen LogP) is 2.71.